The number of nitrogens with zero attached hydrogens (tertiary/aromatic N) is 1. The quantitative estimate of drug-likeness (QED) is 0.809. The van der Waals surface area contributed by atoms with Gasteiger partial charge in [-0.25, -0.2) is 17.9 Å². The van der Waals surface area contributed by atoms with Gasteiger partial charge in [0.2, 0.25) is 15.8 Å². The molecular formula is C13H20N2O5S. The molecule has 0 saturated carbocycles. The fourth-order valence-corrected chi connectivity index (χ4v) is 3.80. The predicted octanol–water partition coefficient (Wildman–Crippen LogP) is 0.906. The molecule has 0 aromatic carbocycles. The Morgan fingerprint density at radius 2 is 2.29 bits per heavy atom. The Morgan fingerprint density at radius 1 is 1.57 bits per heavy atom. The number of likely N-dealkylation sites (tertiary alicyclic amines) is 1. The molecule has 0 radical (unpaired) electrons. The summed E-state index contributed by atoms with van der Waals surface area (Å²) in [5.41, 5.74) is 0. The molecule has 2 rings (SSSR count). The molecule has 1 aliphatic rings. The number of carbonyl (C=O) groups is 1. The summed E-state index contributed by atoms with van der Waals surface area (Å²) in [6, 6.07) is 1.05. The van der Waals surface area contributed by atoms with Crippen molar-refractivity contribution in [2.75, 3.05) is 26.2 Å². The summed E-state index contributed by atoms with van der Waals surface area (Å²) >= 11 is 0. The lowest BCUT2D eigenvalue weighted by Gasteiger charge is -2.13. The van der Waals surface area contributed by atoms with E-state index >= 15 is 0 Å². The van der Waals surface area contributed by atoms with E-state index in [2.05, 4.69) is 16.5 Å². The Balaban J connectivity index is 2.04. The molecule has 1 aliphatic heterocycles. The van der Waals surface area contributed by atoms with Gasteiger partial charge < -0.3 is 14.4 Å². The largest absolute Gasteiger partial charge is 0.475 e. The van der Waals surface area contributed by atoms with Gasteiger partial charge >= 0.3 is 5.97 Å². The van der Waals surface area contributed by atoms with E-state index in [0.717, 1.165) is 32.1 Å². The van der Waals surface area contributed by atoms with E-state index in [1.165, 1.54) is 6.92 Å². The molecule has 1 aromatic rings. The van der Waals surface area contributed by atoms with Gasteiger partial charge in [0, 0.05) is 19.2 Å². The lowest BCUT2D eigenvalue weighted by Crippen LogP contribution is -2.31. The molecule has 21 heavy (non-hydrogen) atoms. The van der Waals surface area contributed by atoms with Crippen LogP contribution in [-0.4, -0.2) is 50.6 Å². The molecule has 2 heterocycles. The Kier molecular flexibility index (Phi) is 4.70. The standard InChI is InChI=1S/C13H20N2O5S/c1-3-15-5-4-10(8-15)7-14-21(18,19)12-6-11(13(16)17)20-9(12)2/h6,10,14H,3-5,7-8H2,1-2H3,(H,16,17). The van der Waals surface area contributed by atoms with Crippen LogP contribution < -0.4 is 4.72 Å². The van der Waals surface area contributed by atoms with E-state index in [9.17, 15) is 13.2 Å². The Morgan fingerprint density at radius 3 is 2.81 bits per heavy atom. The summed E-state index contributed by atoms with van der Waals surface area (Å²) in [6.07, 6.45) is 0.959. The minimum Gasteiger partial charge on any atom is -0.475 e. The number of hydrogen-bond acceptors (Lipinski definition) is 5. The van der Waals surface area contributed by atoms with Gasteiger partial charge in [-0.1, -0.05) is 6.92 Å². The average molecular weight is 316 g/mol. The average Bonchev–Trinajstić information content (AvgIpc) is 3.03. The van der Waals surface area contributed by atoms with Gasteiger partial charge in [-0.3, -0.25) is 0 Å². The first-order valence-corrected chi connectivity index (χ1v) is 8.37. The zero-order chi connectivity index (χ0) is 15.6. The lowest BCUT2D eigenvalue weighted by atomic mass is 10.1. The number of furan rings is 1. The van der Waals surface area contributed by atoms with Crippen LogP contribution in [0, 0.1) is 12.8 Å². The van der Waals surface area contributed by atoms with Crippen LogP contribution in [0.25, 0.3) is 0 Å². The highest BCUT2D eigenvalue weighted by Crippen LogP contribution is 2.21. The smallest absolute Gasteiger partial charge is 0.371 e. The molecule has 118 valence electrons. The number of rotatable bonds is 6. The van der Waals surface area contributed by atoms with E-state index in [4.69, 9.17) is 9.52 Å². The number of nitrogens with one attached hydrogen (secondary N) is 1. The van der Waals surface area contributed by atoms with Crippen molar-refractivity contribution >= 4 is 16.0 Å². The predicted molar refractivity (Wildman–Crippen MR) is 75.8 cm³/mol. The van der Waals surface area contributed by atoms with Crippen LogP contribution >= 0.6 is 0 Å². The minimum absolute atomic E-state index is 0.0847. The zero-order valence-corrected chi connectivity index (χ0v) is 12.9. The van der Waals surface area contributed by atoms with Gasteiger partial charge in [0.1, 0.15) is 10.7 Å². The molecule has 0 bridgehead atoms. The SMILES string of the molecule is CCN1CCC(CNS(=O)(=O)c2cc(C(=O)O)oc2C)C1. The first kappa shape index (κ1) is 16.0. The van der Waals surface area contributed by atoms with Crippen LogP contribution in [0.2, 0.25) is 0 Å². The zero-order valence-electron chi connectivity index (χ0n) is 12.1. The van der Waals surface area contributed by atoms with Gasteiger partial charge in [0.25, 0.3) is 0 Å². The number of sulfonamides is 1. The molecule has 0 aliphatic carbocycles. The van der Waals surface area contributed by atoms with E-state index in [-0.39, 0.29) is 22.3 Å². The Labute approximate surface area is 124 Å². The van der Waals surface area contributed by atoms with E-state index in [1.807, 2.05) is 0 Å². The summed E-state index contributed by atoms with van der Waals surface area (Å²) < 4.78 is 31.9. The third kappa shape index (κ3) is 3.63. The van der Waals surface area contributed by atoms with Crippen molar-refractivity contribution in [3.8, 4) is 0 Å². The normalized spacial score (nSPS) is 20.0. The lowest BCUT2D eigenvalue weighted by molar-refractivity contribution is 0.0661. The fraction of sp³-hybridized carbons (Fsp3) is 0.615. The highest BCUT2D eigenvalue weighted by Gasteiger charge is 2.26. The highest BCUT2D eigenvalue weighted by atomic mass is 32.2. The van der Waals surface area contributed by atoms with Crippen molar-refractivity contribution in [2.45, 2.75) is 25.2 Å². The van der Waals surface area contributed by atoms with E-state index in [0.29, 0.717) is 6.54 Å². The molecule has 2 N–H and O–H groups in total. The van der Waals surface area contributed by atoms with Crippen LogP contribution in [0.3, 0.4) is 0 Å². The van der Waals surface area contributed by atoms with Crippen molar-refractivity contribution in [3.63, 3.8) is 0 Å². The summed E-state index contributed by atoms with van der Waals surface area (Å²) in [4.78, 5) is 13.0. The molecular weight excluding hydrogens is 296 g/mol. The molecule has 1 saturated heterocycles. The molecule has 1 fully saturated rings. The van der Waals surface area contributed by atoms with Crippen LogP contribution in [-0.2, 0) is 10.0 Å². The first-order valence-electron chi connectivity index (χ1n) is 6.89. The first-order chi connectivity index (χ1) is 9.83. The summed E-state index contributed by atoms with van der Waals surface area (Å²) in [6.45, 7) is 6.70. The molecule has 1 aromatic heterocycles. The molecule has 8 heteroatoms. The maximum Gasteiger partial charge on any atom is 0.371 e. The molecule has 0 amide bonds. The van der Waals surface area contributed by atoms with Gasteiger partial charge in [0.05, 0.1) is 0 Å². The highest BCUT2D eigenvalue weighted by molar-refractivity contribution is 7.89. The third-order valence-corrected chi connectivity index (χ3v) is 5.28. The van der Waals surface area contributed by atoms with Crippen molar-refractivity contribution in [2.24, 2.45) is 5.92 Å². The van der Waals surface area contributed by atoms with Crippen LogP contribution in [0.15, 0.2) is 15.4 Å². The van der Waals surface area contributed by atoms with Crippen LogP contribution in [0.5, 0.6) is 0 Å². The van der Waals surface area contributed by atoms with Gasteiger partial charge in [-0.15, -0.1) is 0 Å². The minimum atomic E-state index is -3.74. The third-order valence-electron chi connectivity index (χ3n) is 3.75. The van der Waals surface area contributed by atoms with E-state index < -0.39 is 16.0 Å². The number of aryl methyl sites for hydroxylation is 1. The summed E-state index contributed by atoms with van der Waals surface area (Å²) in [5.74, 6) is -1.28. The Bertz CT molecular complexity index is 623. The maximum atomic E-state index is 12.2. The number of carboxylic acids is 1. The molecule has 1 atom stereocenters. The van der Waals surface area contributed by atoms with Crippen molar-refractivity contribution in [3.05, 3.63) is 17.6 Å². The van der Waals surface area contributed by atoms with Crippen molar-refractivity contribution in [1.29, 1.82) is 0 Å². The molecule has 1 unspecified atom stereocenters. The van der Waals surface area contributed by atoms with Crippen LogP contribution in [0.1, 0.15) is 29.7 Å². The van der Waals surface area contributed by atoms with Crippen molar-refractivity contribution < 1.29 is 22.7 Å². The molecule has 0 spiro atoms. The summed E-state index contributed by atoms with van der Waals surface area (Å²) in [5, 5.41) is 8.83. The van der Waals surface area contributed by atoms with Crippen LogP contribution in [0.4, 0.5) is 0 Å². The second-order valence-electron chi connectivity index (χ2n) is 5.24. The number of hydrogen-bond donors (Lipinski definition) is 2. The molecule has 7 nitrogen and oxygen atoms in total. The van der Waals surface area contributed by atoms with Gasteiger partial charge in [-0.2, -0.15) is 0 Å². The van der Waals surface area contributed by atoms with Gasteiger partial charge in [-0.05, 0) is 32.4 Å². The second kappa shape index (κ2) is 6.17. The fourth-order valence-electron chi connectivity index (χ4n) is 2.51. The number of aromatic carboxylic acids is 1. The Hall–Kier alpha value is -1.38. The number of carboxylic acid groups (broad SMARTS) is 1. The topological polar surface area (TPSA) is 99.9 Å². The second-order valence-corrected chi connectivity index (χ2v) is 6.97. The van der Waals surface area contributed by atoms with E-state index in [1.54, 1.807) is 0 Å². The van der Waals surface area contributed by atoms with Gasteiger partial charge in [0.15, 0.2) is 0 Å². The monoisotopic (exact) mass is 316 g/mol. The maximum absolute atomic E-state index is 12.2. The van der Waals surface area contributed by atoms with Crippen molar-refractivity contribution in [1.82, 2.24) is 9.62 Å². The summed E-state index contributed by atoms with van der Waals surface area (Å²) in [7, 11) is -3.74.